The van der Waals surface area contributed by atoms with Crippen LogP contribution in [0.25, 0.3) is 0 Å². The van der Waals surface area contributed by atoms with E-state index in [1.165, 1.54) is 45.2 Å². The maximum atomic E-state index is 3.67. The highest BCUT2D eigenvalue weighted by atomic mass is 15.2. The van der Waals surface area contributed by atoms with Gasteiger partial charge in [0.1, 0.15) is 0 Å². The molecule has 0 aliphatic carbocycles. The van der Waals surface area contributed by atoms with Gasteiger partial charge in [0.2, 0.25) is 0 Å². The van der Waals surface area contributed by atoms with Crippen molar-refractivity contribution in [3.05, 3.63) is 0 Å². The van der Waals surface area contributed by atoms with E-state index in [0.29, 0.717) is 11.5 Å². The molecule has 18 heavy (non-hydrogen) atoms. The Morgan fingerprint density at radius 2 is 1.94 bits per heavy atom. The second-order valence-electron chi connectivity index (χ2n) is 6.86. The molecule has 0 radical (unpaired) electrons. The molecule has 0 aromatic rings. The van der Waals surface area contributed by atoms with Crippen molar-refractivity contribution in [3.8, 4) is 0 Å². The second kappa shape index (κ2) is 7.49. The highest BCUT2D eigenvalue weighted by Crippen LogP contribution is 2.24. The lowest BCUT2D eigenvalue weighted by Crippen LogP contribution is -2.45. The topological polar surface area (TPSA) is 15.3 Å². The van der Waals surface area contributed by atoms with E-state index >= 15 is 0 Å². The molecule has 0 aromatic heterocycles. The summed E-state index contributed by atoms with van der Waals surface area (Å²) in [5.74, 6) is 0. The van der Waals surface area contributed by atoms with E-state index in [0.717, 1.165) is 12.6 Å². The Labute approximate surface area is 115 Å². The zero-order valence-corrected chi connectivity index (χ0v) is 13.3. The molecule has 1 fully saturated rings. The predicted molar refractivity (Wildman–Crippen MR) is 81.0 cm³/mol. The lowest BCUT2D eigenvalue weighted by Gasteiger charge is -2.38. The molecule has 2 atom stereocenters. The molecule has 0 aromatic carbocycles. The van der Waals surface area contributed by atoms with E-state index in [2.05, 4.69) is 44.8 Å². The number of likely N-dealkylation sites (tertiary alicyclic amines) is 1. The van der Waals surface area contributed by atoms with Gasteiger partial charge >= 0.3 is 0 Å². The van der Waals surface area contributed by atoms with Crippen LogP contribution in [0.5, 0.6) is 0 Å². The fourth-order valence-electron chi connectivity index (χ4n) is 3.20. The molecule has 1 saturated heterocycles. The van der Waals surface area contributed by atoms with E-state index in [9.17, 15) is 0 Å². The minimum absolute atomic E-state index is 0.369. The van der Waals surface area contributed by atoms with Crippen molar-refractivity contribution in [2.45, 2.75) is 78.8 Å². The number of nitrogens with zero attached hydrogens (tertiary/aromatic N) is 1. The molecular formula is C16H34N2. The standard InChI is InChI=1S/C16H34N2/c1-6-14-10-8-9-12-18(14)13-11-15(17-7-2)16(3,4)5/h14-15,17H,6-13H2,1-5H3. The van der Waals surface area contributed by atoms with Crippen LogP contribution in [0.15, 0.2) is 0 Å². The predicted octanol–water partition coefficient (Wildman–Crippen LogP) is 3.67. The maximum Gasteiger partial charge on any atom is 0.0128 e. The summed E-state index contributed by atoms with van der Waals surface area (Å²) in [6, 6.07) is 1.49. The zero-order chi connectivity index (χ0) is 13.6. The Morgan fingerprint density at radius 3 is 2.50 bits per heavy atom. The smallest absolute Gasteiger partial charge is 0.0128 e. The van der Waals surface area contributed by atoms with E-state index in [1.54, 1.807) is 0 Å². The van der Waals surface area contributed by atoms with Gasteiger partial charge in [0.15, 0.2) is 0 Å². The van der Waals surface area contributed by atoms with Crippen LogP contribution in [0.1, 0.15) is 66.7 Å². The van der Waals surface area contributed by atoms with Crippen molar-refractivity contribution in [1.82, 2.24) is 10.2 Å². The molecule has 1 aliphatic rings. The summed E-state index contributed by atoms with van der Waals surface area (Å²) >= 11 is 0. The minimum atomic E-state index is 0.369. The van der Waals surface area contributed by atoms with E-state index in [1.807, 2.05) is 0 Å². The molecule has 1 heterocycles. The molecule has 1 N–H and O–H groups in total. The van der Waals surface area contributed by atoms with Gasteiger partial charge in [0, 0.05) is 12.1 Å². The maximum absolute atomic E-state index is 3.67. The Bertz CT molecular complexity index is 220. The third-order valence-corrected chi connectivity index (χ3v) is 4.42. The zero-order valence-electron chi connectivity index (χ0n) is 13.3. The van der Waals surface area contributed by atoms with Crippen molar-refractivity contribution >= 4 is 0 Å². The van der Waals surface area contributed by atoms with Crippen LogP contribution in [-0.4, -0.2) is 36.6 Å². The summed E-state index contributed by atoms with van der Waals surface area (Å²) in [5.41, 5.74) is 0.369. The molecule has 2 nitrogen and oxygen atoms in total. The highest BCUT2D eigenvalue weighted by molar-refractivity contribution is 4.83. The summed E-state index contributed by atoms with van der Waals surface area (Å²) in [6.45, 7) is 15.3. The Balaban J connectivity index is 2.45. The van der Waals surface area contributed by atoms with Crippen molar-refractivity contribution in [2.75, 3.05) is 19.6 Å². The first-order valence-electron chi connectivity index (χ1n) is 7.96. The Hall–Kier alpha value is -0.0800. The first-order valence-corrected chi connectivity index (χ1v) is 7.96. The third kappa shape index (κ3) is 4.89. The van der Waals surface area contributed by atoms with Gasteiger partial charge in [-0.15, -0.1) is 0 Å². The van der Waals surface area contributed by atoms with Gasteiger partial charge in [-0.1, -0.05) is 41.0 Å². The molecule has 108 valence electrons. The van der Waals surface area contributed by atoms with Gasteiger partial charge in [-0.3, -0.25) is 0 Å². The third-order valence-electron chi connectivity index (χ3n) is 4.42. The molecule has 0 amide bonds. The minimum Gasteiger partial charge on any atom is -0.314 e. The van der Waals surface area contributed by atoms with Crippen LogP contribution in [0.4, 0.5) is 0 Å². The van der Waals surface area contributed by atoms with Crippen LogP contribution < -0.4 is 5.32 Å². The van der Waals surface area contributed by atoms with Gasteiger partial charge in [-0.05, 0) is 50.7 Å². The molecule has 0 spiro atoms. The van der Waals surface area contributed by atoms with Crippen molar-refractivity contribution < 1.29 is 0 Å². The number of piperidine rings is 1. The second-order valence-corrected chi connectivity index (χ2v) is 6.86. The van der Waals surface area contributed by atoms with Crippen LogP contribution >= 0.6 is 0 Å². The Kier molecular flexibility index (Phi) is 6.65. The van der Waals surface area contributed by atoms with Gasteiger partial charge in [-0.25, -0.2) is 0 Å². The summed E-state index contributed by atoms with van der Waals surface area (Å²) in [6.07, 6.45) is 6.86. The summed E-state index contributed by atoms with van der Waals surface area (Å²) in [7, 11) is 0. The quantitative estimate of drug-likeness (QED) is 0.778. The van der Waals surface area contributed by atoms with Crippen molar-refractivity contribution in [3.63, 3.8) is 0 Å². The summed E-state index contributed by atoms with van der Waals surface area (Å²) in [5, 5.41) is 3.67. The average molecular weight is 254 g/mol. The van der Waals surface area contributed by atoms with Crippen LogP contribution in [-0.2, 0) is 0 Å². The number of rotatable bonds is 6. The first kappa shape index (κ1) is 16.0. The van der Waals surface area contributed by atoms with Gasteiger partial charge in [-0.2, -0.15) is 0 Å². The van der Waals surface area contributed by atoms with Crippen molar-refractivity contribution in [2.24, 2.45) is 5.41 Å². The van der Waals surface area contributed by atoms with E-state index in [-0.39, 0.29) is 0 Å². The number of hydrogen-bond acceptors (Lipinski definition) is 2. The lowest BCUT2D eigenvalue weighted by molar-refractivity contribution is 0.125. The van der Waals surface area contributed by atoms with Gasteiger partial charge < -0.3 is 10.2 Å². The van der Waals surface area contributed by atoms with Gasteiger partial charge in [0.25, 0.3) is 0 Å². The first-order chi connectivity index (χ1) is 8.49. The molecule has 0 saturated carbocycles. The molecule has 2 unspecified atom stereocenters. The van der Waals surface area contributed by atoms with E-state index < -0.39 is 0 Å². The molecule has 0 bridgehead atoms. The lowest BCUT2D eigenvalue weighted by atomic mass is 9.84. The van der Waals surface area contributed by atoms with E-state index in [4.69, 9.17) is 0 Å². The molecule has 1 aliphatic heterocycles. The molecular weight excluding hydrogens is 220 g/mol. The SMILES string of the molecule is CCNC(CCN1CCCCC1CC)C(C)(C)C. The van der Waals surface area contributed by atoms with Crippen LogP contribution in [0.3, 0.4) is 0 Å². The number of hydrogen-bond donors (Lipinski definition) is 1. The fourth-order valence-corrected chi connectivity index (χ4v) is 3.20. The monoisotopic (exact) mass is 254 g/mol. The summed E-state index contributed by atoms with van der Waals surface area (Å²) < 4.78 is 0. The fraction of sp³-hybridized carbons (Fsp3) is 1.00. The molecule has 1 rings (SSSR count). The average Bonchev–Trinajstić information content (AvgIpc) is 2.33. The van der Waals surface area contributed by atoms with Crippen LogP contribution in [0, 0.1) is 5.41 Å². The van der Waals surface area contributed by atoms with Crippen LogP contribution in [0.2, 0.25) is 0 Å². The van der Waals surface area contributed by atoms with Gasteiger partial charge in [0.05, 0.1) is 0 Å². The largest absolute Gasteiger partial charge is 0.314 e. The van der Waals surface area contributed by atoms with Crippen molar-refractivity contribution in [1.29, 1.82) is 0 Å². The highest BCUT2D eigenvalue weighted by Gasteiger charge is 2.26. The number of nitrogens with one attached hydrogen (secondary N) is 1. The molecule has 2 heteroatoms. The normalized spacial score (nSPS) is 24.2. The summed E-state index contributed by atoms with van der Waals surface area (Å²) in [4.78, 5) is 2.74. The Morgan fingerprint density at radius 1 is 1.22 bits per heavy atom.